The molecule has 6 heteroatoms. The van der Waals surface area contributed by atoms with Crippen LogP contribution in [0.3, 0.4) is 0 Å². The molecule has 23 heavy (non-hydrogen) atoms. The van der Waals surface area contributed by atoms with E-state index in [0.29, 0.717) is 28.9 Å². The Balaban J connectivity index is 1.63. The lowest BCUT2D eigenvalue weighted by Crippen LogP contribution is -1.87. The largest absolute Gasteiger partial charge is 0.416 e. The third-order valence-corrected chi connectivity index (χ3v) is 4.60. The molecule has 0 aliphatic rings. The molecule has 1 aromatic heterocycles. The molecule has 3 rings (SSSR count). The first-order valence-corrected chi connectivity index (χ1v) is 8.70. The average Bonchev–Trinajstić information content (AvgIpc) is 3.03. The van der Waals surface area contributed by atoms with E-state index < -0.39 is 0 Å². The van der Waals surface area contributed by atoms with E-state index in [-0.39, 0.29) is 0 Å². The highest BCUT2D eigenvalue weighted by molar-refractivity contribution is 9.10. The quantitative estimate of drug-likeness (QED) is 0.601. The first kappa shape index (κ1) is 15.8. The molecule has 0 bridgehead atoms. The summed E-state index contributed by atoms with van der Waals surface area (Å²) >= 11 is 4.85. The van der Waals surface area contributed by atoms with E-state index >= 15 is 0 Å². The first-order chi connectivity index (χ1) is 11.2. The highest BCUT2D eigenvalue weighted by atomic mass is 79.9. The van der Waals surface area contributed by atoms with Gasteiger partial charge in [0.2, 0.25) is 5.89 Å². The zero-order chi connectivity index (χ0) is 16.1. The van der Waals surface area contributed by atoms with Gasteiger partial charge in [-0.05, 0) is 29.3 Å². The minimum absolute atomic E-state index is 0.518. The first-order valence-electron chi connectivity index (χ1n) is 6.92. The molecule has 3 aromatic rings. The molecule has 0 N–H and O–H groups in total. The molecule has 2 aromatic carbocycles. The maximum absolute atomic E-state index is 9.09. The minimum atomic E-state index is 0.518. The summed E-state index contributed by atoms with van der Waals surface area (Å²) in [4.78, 5) is 0. The third kappa shape index (κ3) is 4.21. The van der Waals surface area contributed by atoms with Gasteiger partial charge in [0.25, 0.3) is 5.22 Å². The number of nitrogens with zero attached hydrogens (tertiary/aromatic N) is 3. The summed E-state index contributed by atoms with van der Waals surface area (Å²) in [5, 5.41) is 17.7. The fourth-order valence-electron chi connectivity index (χ4n) is 2.04. The Kier molecular flexibility index (Phi) is 5.11. The predicted octanol–water partition coefficient (Wildman–Crippen LogP) is 4.59. The number of hydrogen-bond acceptors (Lipinski definition) is 5. The lowest BCUT2D eigenvalue weighted by molar-refractivity contribution is 0.420. The van der Waals surface area contributed by atoms with Crippen molar-refractivity contribution in [2.24, 2.45) is 0 Å². The molecule has 4 nitrogen and oxygen atoms in total. The number of benzene rings is 2. The maximum atomic E-state index is 9.09. The molecular weight excluding hydrogens is 374 g/mol. The summed E-state index contributed by atoms with van der Waals surface area (Å²) in [7, 11) is 0. The number of rotatable bonds is 5. The third-order valence-electron chi connectivity index (χ3n) is 3.21. The molecule has 0 spiro atoms. The second-order valence-corrected chi connectivity index (χ2v) is 6.66. The van der Waals surface area contributed by atoms with Crippen LogP contribution < -0.4 is 0 Å². The Hall–Kier alpha value is -2.10. The molecule has 0 saturated heterocycles. The number of nitriles is 1. The highest BCUT2D eigenvalue weighted by Gasteiger charge is 2.09. The molecule has 0 aliphatic carbocycles. The van der Waals surface area contributed by atoms with Crippen molar-refractivity contribution in [2.45, 2.75) is 17.4 Å². The molecule has 0 unspecified atom stereocenters. The van der Waals surface area contributed by atoms with E-state index in [4.69, 9.17) is 9.68 Å². The molecular formula is C17H12BrN3OS. The second kappa shape index (κ2) is 7.44. The van der Waals surface area contributed by atoms with Crippen molar-refractivity contribution in [3.05, 3.63) is 75.6 Å². The fraction of sp³-hybridized carbons (Fsp3) is 0.118. The van der Waals surface area contributed by atoms with Gasteiger partial charge < -0.3 is 4.42 Å². The topological polar surface area (TPSA) is 62.7 Å². The Bertz CT molecular complexity index is 840. The highest BCUT2D eigenvalue weighted by Crippen LogP contribution is 2.24. The monoisotopic (exact) mass is 385 g/mol. The smallest absolute Gasteiger partial charge is 0.276 e. The molecule has 0 atom stereocenters. The lowest BCUT2D eigenvalue weighted by Gasteiger charge is -2.00. The van der Waals surface area contributed by atoms with Crippen LogP contribution in [0.2, 0.25) is 0 Å². The predicted molar refractivity (Wildman–Crippen MR) is 92.0 cm³/mol. The summed E-state index contributed by atoms with van der Waals surface area (Å²) in [5.74, 6) is 1.22. The Morgan fingerprint density at radius 1 is 1.09 bits per heavy atom. The SMILES string of the molecule is N#Cc1ccccc1CSc1nnc(Cc2ccc(Br)cc2)o1. The van der Waals surface area contributed by atoms with E-state index in [1.165, 1.54) is 11.8 Å². The van der Waals surface area contributed by atoms with Crippen LogP contribution in [0.4, 0.5) is 0 Å². The summed E-state index contributed by atoms with van der Waals surface area (Å²) in [6, 6.07) is 17.7. The van der Waals surface area contributed by atoms with Crippen LogP contribution in [0.5, 0.6) is 0 Å². The normalized spacial score (nSPS) is 10.4. The fourth-order valence-corrected chi connectivity index (χ4v) is 3.09. The summed E-state index contributed by atoms with van der Waals surface area (Å²) in [5.41, 5.74) is 2.76. The van der Waals surface area contributed by atoms with Gasteiger partial charge in [-0.3, -0.25) is 0 Å². The van der Waals surface area contributed by atoms with Crippen LogP contribution in [-0.4, -0.2) is 10.2 Å². The van der Waals surface area contributed by atoms with Gasteiger partial charge in [-0.25, -0.2) is 0 Å². The van der Waals surface area contributed by atoms with Crippen molar-refractivity contribution in [1.29, 1.82) is 5.26 Å². The van der Waals surface area contributed by atoms with Crippen LogP contribution in [0.25, 0.3) is 0 Å². The summed E-state index contributed by atoms with van der Waals surface area (Å²) < 4.78 is 6.70. The Morgan fingerprint density at radius 3 is 2.65 bits per heavy atom. The van der Waals surface area contributed by atoms with Gasteiger partial charge in [0.05, 0.1) is 18.1 Å². The van der Waals surface area contributed by atoms with E-state index in [1.807, 2.05) is 48.5 Å². The average molecular weight is 386 g/mol. The molecule has 0 fully saturated rings. The van der Waals surface area contributed by atoms with Crippen LogP contribution in [0, 0.1) is 11.3 Å². The number of thioether (sulfide) groups is 1. The minimum Gasteiger partial charge on any atom is -0.416 e. The van der Waals surface area contributed by atoms with E-state index in [1.54, 1.807) is 0 Å². The molecule has 1 heterocycles. The van der Waals surface area contributed by atoms with Crippen molar-refractivity contribution in [3.8, 4) is 6.07 Å². The molecule has 0 aliphatic heterocycles. The summed E-state index contributed by atoms with van der Waals surface area (Å²) in [6.07, 6.45) is 0.607. The van der Waals surface area contributed by atoms with Crippen molar-refractivity contribution >= 4 is 27.7 Å². The van der Waals surface area contributed by atoms with Gasteiger partial charge in [-0.15, -0.1) is 10.2 Å². The molecule has 0 saturated carbocycles. The van der Waals surface area contributed by atoms with Gasteiger partial charge in [0.1, 0.15) is 0 Å². The summed E-state index contributed by atoms with van der Waals surface area (Å²) in [6.45, 7) is 0. The second-order valence-electron chi connectivity index (χ2n) is 4.82. The maximum Gasteiger partial charge on any atom is 0.276 e. The molecule has 0 amide bonds. The van der Waals surface area contributed by atoms with Crippen LogP contribution in [0.15, 0.2) is 62.6 Å². The van der Waals surface area contributed by atoms with Crippen molar-refractivity contribution in [3.63, 3.8) is 0 Å². The van der Waals surface area contributed by atoms with Crippen molar-refractivity contribution < 1.29 is 4.42 Å². The van der Waals surface area contributed by atoms with Gasteiger partial charge in [-0.2, -0.15) is 5.26 Å². The van der Waals surface area contributed by atoms with E-state index in [2.05, 4.69) is 32.2 Å². The van der Waals surface area contributed by atoms with Gasteiger partial charge >= 0.3 is 0 Å². The Morgan fingerprint density at radius 2 is 1.87 bits per heavy atom. The lowest BCUT2D eigenvalue weighted by atomic mass is 10.1. The van der Waals surface area contributed by atoms with Crippen LogP contribution in [0.1, 0.15) is 22.6 Å². The number of halogens is 1. The van der Waals surface area contributed by atoms with Crippen LogP contribution in [-0.2, 0) is 12.2 Å². The van der Waals surface area contributed by atoms with Crippen molar-refractivity contribution in [2.75, 3.05) is 0 Å². The van der Waals surface area contributed by atoms with Gasteiger partial charge in [0.15, 0.2) is 0 Å². The zero-order valence-electron chi connectivity index (χ0n) is 12.1. The van der Waals surface area contributed by atoms with E-state index in [0.717, 1.165) is 15.6 Å². The zero-order valence-corrected chi connectivity index (χ0v) is 14.5. The molecule has 114 valence electrons. The number of hydrogen-bond donors (Lipinski definition) is 0. The van der Waals surface area contributed by atoms with Gasteiger partial charge in [-0.1, -0.05) is 58.0 Å². The molecule has 0 radical (unpaired) electrons. The van der Waals surface area contributed by atoms with Crippen LogP contribution >= 0.6 is 27.7 Å². The number of aromatic nitrogens is 2. The van der Waals surface area contributed by atoms with E-state index in [9.17, 15) is 0 Å². The van der Waals surface area contributed by atoms with Crippen molar-refractivity contribution in [1.82, 2.24) is 10.2 Å². The Labute approximate surface area is 146 Å². The standard InChI is InChI=1S/C17H12BrN3OS/c18-15-7-5-12(6-8-15)9-16-20-21-17(22-16)23-11-14-4-2-1-3-13(14)10-19/h1-8H,9,11H2. The van der Waals surface area contributed by atoms with Gasteiger partial charge in [0, 0.05) is 10.2 Å².